The summed E-state index contributed by atoms with van der Waals surface area (Å²) in [6.45, 7) is 3.33. The predicted molar refractivity (Wildman–Crippen MR) is 80.4 cm³/mol. The van der Waals surface area contributed by atoms with Crippen LogP contribution in [0.5, 0.6) is 0 Å². The van der Waals surface area contributed by atoms with Crippen LogP contribution in [0.4, 0.5) is 5.69 Å². The van der Waals surface area contributed by atoms with Crippen LogP contribution in [0.1, 0.15) is 28.4 Å². The second-order valence-electron chi connectivity index (χ2n) is 4.55. The molecule has 0 bridgehead atoms. The molecule has 1 amide bonds. The van der Waals surface area contributed by atoms with Gasteiger partial charge in [0.1, 0.15) is 0 Å². The van der Waals surface area contributed by atoms with Crippen LogP contribution in [0, 0.1) is 6.92 Å². The van der Waals surface area contributed by atoms with Gasteiger partial charge in [-0.3, -0.25) is 9.59 Å². The molecule has 0 radical (unpaired) electrons. The summed E-state index contributed by atoms with van der Waals surface area (Å²) < 4.78 is 0. The van der Waals surface area contributed by atoms with E-state index in [1.54, 1.807) is 36.4 Å². The molecule has 0 fully saturated rings. The highest BCUT2D eigenvalue weighted by molar-refractivity contribution is 6.31. The third-order valence-electron chi connectivity index (χ3n) is 2.90. The molecule has 0 spiro atoms. The number of carbonyl (C=O) groups is 2. The number of nitrogens with one attached hydrogen (secondary N) is 1. The maximum Gasteiger partial charge on any atom is 0.221 e. The predicted octanol–water partition coefficient (Wildman–Crippen LogP) is 3.84. The second kappa shape index (κ2) is 5.88. The van der Waals surface area contributed by atoms with E-state index in [4.69, 9.17) is 11.6 Å². The Labute approximate surface area is 122 Å². The highest BCUT2D eigenvalue weighted by atomic mass is 35.5. The summed E-state index contributed by atoms with van der Waals surface area (Å²) in [7, 11) is 0. The van der Waals surface area contributed by atoms with Gasteiger partial charge in [-0.25, -0.2) is 0 Å². The first-order chi connectivity index (χ1) is 9.47. The molecule has 102 valence electrons. The Bertz CT molecular complexity index is 663. The molecule has 0 aromatic heterocycles. The molecule has 0 unspecified atom stereocenters. The molecule has 4 heteroatoms. The molecule has 2 aromatic rings. The summed E-state index contributed by atoms with van der Waals surface area (Å²) in [4.78, 5) is 23.2. The van der Waals surface area contributed by atoms with E-state index in [1.165, 1.54) is 6.92 Å². The molecule has 0 saturated heterocycles. The van der Waals surface area contributed by atoms with E-state index in [2.05, 4.69) is 5.32 Å². The zero-order valence-corrected chi connectivity index (χ0v) is 12.0. The average molecular weight is 288 g/mol. The lowest BCUT2D eigenvalue weighted by Crippen LogP contribution is -2.06. The molecule has 0 heterocycles. The normalized spacial score (nSPS) is 10.2. The first-order valence-electron chi connectivity index (χ1n) is 6.16. The third kappa shape index (κ3) is 3.25. The van der Waals surface area contributed by atoms with E-state index in [9.17, 15) is 9.59 Å². The number of amides is 1. The first kappa shape index (κ1) is 14.3. The fourth-order valence-corrected chi connectivity index (χ4v) is 1.99. The SMILES string of the molecule is CC(=O)Nc1ccc(C(=O)c2ccc(C)c(Cl)c2)cc1. The summed E-state index contributed by atoms with van der Waals surface area (Å²) in [6.07, 6.45) is 0. The van der Waals surface area contributed by atoms with E-state index < -0.39 is 0 Å². The van der Waals surface area contributed by atoms with Crippen molar-refractivity contribution >= 4 is 29.0 Å². The lowest BCUT2D eigenvalue weighted by atomic mass is 10.0. The van der Waals surface area contributed by atoms with Crippen LogP contribution in [-0.2, 0) is 4.79 Å². The Balaban J connectivity index is 2.24. The van der Waals surface area contributed by atoms with Gasteiger partial charge in [0.2, 0.25) is 5.91 Å². The largest absolute Gasteiger partial charge is 0.326 e. The number of hydrogen-bond donors (Lipinski definition) is 1. The van der Waals surface area contributed by atoms with E-state index >= 15 is 0 Å². The van der Waals surface area contributed by atoms with Gasteiger partial charge in [0.25, 0.3) is 0 Å². The fourth-order valence-electron chi connectivity index (χ4n) is 1.81. The van der Waals surface area contributed by atoms with Crippen LogP contribution >= 0.6 is 11.6 Å². The molecule has 0 atom stereocenters. The third-order valence-corrected chi connectivity index (χ3v) is 3.31. The van der Waals surface area contributed by atoms with Gasteiger partial charge in [0.05, 0.1) is 0 Å². The van der Waals surface area contributed by atoms with Crippen molar-refractivity contribution in [1.82, 2.24) is 0 Å². The molecule has 1 N–H and O–H groups in total. The van der Waals surface area contributed by atoms with E-state index in [-0.39, 0.29) is 11.7 Å². The summed E-state index contributed by atoms with van der Waals surface area (Å²) in [6, 6.07) is 12.0. The van der Waals surface area contributed by atoms with Crippen molar-refractivity contribution in [3.63, 3.8) is 0 Å². The molecule has 0 aliphatic heterocycles. The van der Waals surface area contributed by atoms with E-state index in [0.29, 0.717) is 21.8 Å². The highest BCUT2D eigenvalue weighted by Gasteiger charge is 2.10. The number of hydrogen-bond acceptors (Lipinski definition) is 2. The van der Waals surface area contributed by atoms with Gasteiger partial charge >= 0.3 is 0 Å². The Hall–Kier alpha value is -2.13. The molecule has 2 aromatic carbocycles. The minimum Gasteiger partial charge on any atom is -0.326 e. The fraction of sp³-hybridized carbons (Fsp3) is 0.125. The van der Waals surface area contributed by atoms with Gasteiger partial charge in [-0.1, -0.05) is 23.7 Å². The maximum absolute atomic E-state index is 12.3. The smallest absolute Gasteiger partial charge is 0.221 e. The molecular weight excluding hydrogens is 274 g/mol. The summed E-state index contributed by atoms with van der Waals surface area (Å²) in [5.41, 5.74) is 2.70. The van der Waals surface area contributed by atoms with Crippen molar-refractivity contribution in [2.75, 3.05) is 5.32 Å². The van der Waals surface area contributed by atoms with E-state index in [1.807, 2.05) is 13.0 Å². The molecular formula is C16H14ClNO2. The van der Waals surface area contributed by atoms with Crippen LogP contribution in [0.3, 0.4) is 0 Å². The Morgan fingerprint density at radius 1 is 1.00 bits per heavy atom. The van der Waals surface area contributed by atoms with Gasteiger partial charge in [0, 0.05) is 28.8 Å². The van der Waals surface area contributed by atoms with Gasteiger partial charge < -0.3 is 5.32 Å². The summed E-state index contributed by atoms with van der Waals surface area (Å²) in [5, 5.41) is 3.23. The van der Waals surface area contributed by atoms with Crippen LogP contribution in [0.25, 0.3) is 0 Å². The number of anilines is 1. The van der Waals surface area contributed by atoms with Crippen molar-refractivity contribution in [1.29, 1.82) is 0 Å². The summed E-state index contributed by atoms with van der Waals surface area (Å²) >= 11 is 6.03. The molecule has 2 rings (SSSR count). The van der Waals surface area contributed by atoms with Gasteiger partial charge in [0.15, 0.2) is 5.78 Å². The van der Waals surface area contributed by atoms with Crippen molar-refractivity contribution in [2.24, 2.45) is 0 Å². The molecule has 0 saturated carbocycles. The van der Waals surface area contributed by atoms with Crippen LogP contribution in [0.2, 0.25) is 5.02 Å². The Morgan fingerprint density at radius 3 is 2.15 bits per heavy atom. The van der Waals surface area contributed by atoms with Crippen LogP contribution in [-0.4, -0.2) is 11.7 Å². The van der Waals surface area contributed by atoms with Gasteiger partial charge in [-0.2, -0.15) is 0 Å². The van der Waals surface area contributed by atoms with Crippen molar-refractivity contribution < 1.29 is 9.59 Å². The van der Waals surface area contributed by atoms with Gasteiger partial charge in [-0.05, 0) is 42.8 Å². The number of benzene rings is 2. The molecule has 0 aliphatic rings. The minimum absolute atomic E-state index is 0.0960. The lowest BCUT2D eigenvalue weighted by molar-refractivity contribution is -0.114. The topological polar surface area (TPSA) is 46.2 Å². The lowest BCUT2D eigenvalue weighted by Gasteiger charge is -2.05. The van der Waals surface area contributed by atoms with Crippen LogP contribution < -0.4 is 5.32 Å². The van der Waals surface area contributed by atoms with Crippen molar-refractivity contribution in [3.05, 3.63) is 64.2 Å². The maximum atomic E-state index is 12.3. The Kier molecular flexibility index (Phi) is 4.20. The number of halogens is 1. The standard InChI is InChI=1S/C16H14ClNO2/c1-10-3-4-13(9-15(10)17)16(20)12-5-7-14(8-6-12)18-11(2)19/h3-9H,1-2H3,(H,18,19). The summed E-state index contributed by atoms with van der Waals surface area (Å²) in [5.74, 6) is -0.240. The second-order valence-corrected chi connectivity index (χ2v) is 4.96. The molecule has 0 aliphatic carbocycles. The van der Waals surface area contributed by atoms with Gasteiger partial charge in [-0.15, -0.1) is 0 Å². The zero-order chi connectivity index (χ0) is 14.7. The number of carbonyl (C=O) groups excluding carboxylic acids is 2. The molecule has 3 nitrogen and oxygen atoms in total. The van der Waals surface area contributed by atoms with Crippen molar-refractivity contribution in [2.45, 2.75) is 13.8 Å². The van der Waals surface area contributed by atoms with Crippen LogP contribution in [0.15, 0.2) is 42.5 Å². The number of ketones is 1. The Morgan fingerprint density at radius 2 is 1.60 bits per heavy atom. The zero-order valence-electron chi connectivity index (χ0n) is 11.2. The monoisotopic (exact) mass is 287 g/mol. The number of aryl methyl sites for hydroxylation is 1. The minimum atomic E-state index is -0.144. The molecule has 20 heavy (non-hydrogen) atoms. The average Bonchev–Trinajstić information content (AvgIpc) is 2.41. The first-order valence-corrected chi connectivity index (χ1v) is 6.53. The van der Waals surface area contributed by atoms with E-state index in [0.717, 1.165) is 5.56 Å². The highest BCUT2D eigenvalue weighted by Crippen LogP contribution is 2.20. The quantitative estimate of drug-likeness (QED) is 0.872. The number of rotatable bonds is 3. The van der Waals surface area contributed by atoms with Crippen molar-refractivity contribution in [3.8, 4) is 0 Å².